The number of carbonyl (C=O) groups is 1. The molecular formula is C25H29N3O5. The van der Waals surface area contributed by atoms with E-state index in [1.165, 1.54) is 0 Å². The molecule has 33 heavy (non-hydrogen) atoms. The zero-order valence-corrected chi connectivity index (χ0v) is 19.4. The monoisotopic (exact) mass is 451 g/mol. The minimum atomic E-state index is -0.315. The van der Waals surface area contributed by atoms with Crippen LogP contribution in [0.5, 0.6) is 17.2 Å². The molecule has 1 aliphatic rings. The molecule has 0 saturated carbocycles. The fraction of sp³-hybridized carbons (Fsp3) is 0.360. The number of methoxy groups -OCH3 is 3. The molecule has 2 heterocycles. The van der Waals surface area contributed by atoms with E-state index >= 15 is 0 Å². The predicted octanol–water partition coefficient (Wildman–Crippen LogP) is 4.07. The second kappa shape index (κ2) is 9.95. The third-order valence-electron chi connectivity index (χ3n) is 5.78. The Labute approximate surface area is 193 Å². The normalized spacial score (nSPS) is 15.0. The predicted molar refractivity (Wildman–Crippen MR) is 124 cm³/mol. The number of nitrogens with zero attached hydrogens (tertiary/aromatic N) is 2. The minimum absolute atomic E-state index is 0.0776. The van der Waals surface area contributed by atoms with Gasteiger partial charge in [-0.25, -0.2) is 0 Å². The summed E-state index contributed by atoms with van der Waals surface area (Å²) in [5.41, 5.74) is 3.94. The molecule has 174 valence electrons. The summed E-state index contributed by atoms with van der Waals surface area (Å²) in [6.07, 6.45) is 0.725. The van der Waals surface area contributed by atoms with E-state index < -0.39 is 0 Å². The lowest BCUT2D eigenvalue weighted by Crippen LogP contribution is -2.31. The maximum Gasteiger partial charge on any atom is 0.273 e. The van der Waals surface area contributed by atoms with Gasteiger partial charge in [-0.1, -0.05) is 6.07 Å². The van der Waals surface area contributed by atoms with Crippen molar-refractivity contribution in [2.75, 3.05) is 41.1 Å². The number of aromatic amines is 1. The summed E-state index contributed by atoms with van der Waals surface area (Å²) in [6, 6.07) is 13.2. The molecule has 4 rings (SSSR count). The van der Waals surface area contributed by atoms with Gasteiger partial charge in [0.2, 0.25) is 0 Å². The number of nitrogens with one attached hydrogen (secondary N) is 1. The number of carbonyl (C=O) groups excluding carboxylic acids is 1. The van der Waals surface area contributed by atoms with Crippen molar-refractivity contribution in [2.45, 2.75) is 19.4 Å². The first-order valence-corrected chi connectivity index (χ1v) is 11.0. The molecule has 2 aromatic carbocycles. The van der Waals surface area contributed by atoms with Crippen molar-refractivity contribution in [1.29, 1.82) is 0 Å². The summed E-state index contributed by atoms with van der Waals surface area (Å²) in [5, 5.41) is 7.50. The van der Waals surface area contributed by atoms with Crippen LogP contribution in [0.15, 0.2) is 42.5 Å². The highest BCUT2D eigenvalue weighted by Gasteiger charge is 2.42. The van der Waals surface area contributed by atoms with E-state index in [2.05, 4.69) is 10.2 Å². The number of rotatable bonds is 10. The minimum Gasteiger partial charge on any atom is -0.497 e. The summed E-state index contributed by atoms with van der Waals surface area (Å²) in [5.74, 6) is 1.98. The van der Waals surface area contributed by atoms with Crippen LogP contribution in [-0.4, -0.2) is 62.1 Å². The van der Waals surface area contributed by atoms with Gasteiger partial charge in [-0.15, -0.1) is 0 Å². The highest BCUT2D eigenvalue weighted by molar-refractivity contribution is 6.00. The van der Waals surface area contributed by atoms with E-state index in [9.17, 15) is 4.79 Å². The Bertz CT molecular complexity index is 1110. The van der Waals surface area contributed by atoms with E-state index in [1.807, 2.05) is 54.3 Å². The Hall–Kier alpha value is -3.52. The number of ether oxygens (including phenoxy) is 4. The Morgan fingerprint density at radius 3 is 2.48 bits per heavy atom. The van der Waals surface area contributed by atoms with Crippen molar-refractivity contribution in [3.63, 3.8) is 0 Å². The number of benzene rings is 2. The number of aromatic nitrogens is 2. The van der Waals surface area contributed by atoms with Gasteiger partial charge in [0.1, 0.15) is 11.4 Å². The first kappa shape index (κ1) is 22.7. The van der Waals surface area contributed by atoms with Crippen LogP contribution < -0.4 is 14.2 Å². The van der Waals surface area contributed by atoms with Gasteiger partial charge < -0.3 is 23.8 Å². The molecule has 1 unspecified atom stereocenters. The zero-order valence-electron chi connectivity index (χ0n) is 19.4. The van der Waals surface area contributed by atoms with Gasteiger partial charge in [0, 0.05) is 31.4 Å². The maximum absolute atomic E-state index is 13.4. The van der Waals surface area contributed by atoms with Crippen LogP contribution in [0.1, 0.15) is 41.0 Å². The molecule has 1 aromatic heterocycles. The second-order valence-electron chi connectivity index (χ2n) is 7.68. The van der Waals surface area contributed by atoms with Crippen molar-refractivity contribution in [3.05, 3.63) is 59.3 Å². The van der Waals surface area contributed by atoms with Crippen LogP contribution in [0.25, 0.3) is 11.3 Å². The van der Waals surface area contributed by atoms with Crippen LogP contribution in [0.2, 0.25) is 0 Å². The largest absolute Gasteiger partial charge is 0.497 e. The Balaban J connectivity index is 1.81. The van der Waals surface area contributed by atoms with Crippen LogP contribution in [0.4, 0.5) is 0 Å². The van der Waals surface area contributed by atoms with Gasteiger partial charge in [0.25, 0.3) is 5.91 Å². The van der Waals surface area contributed by atoms with Crippen molar-refractivity contribution >= 4 is 5.91 Å². The lowest BCUT2D eigenvalue weighted by molar-refractivity contribution is 0.0723. The van der Waals surface area contributed by atoms with E-state index in [4.69, 9.17) is 18.9 Å². The standard InChI is InChI=1S/C25H29N3O5/c1-5-33-19-12-9-17(15-20(19)32-4)24-21-22(16-7-10-18(31-3)11-8-16)26-27-23(21)25(29)28(24)13-6-14-30-2/h7-12,15,24H,5-6,13-14H2,1-4H3,(H,26,27). The molecule has 3 aromatic rings. The molecule has 0 radical (unpaired) electrons. The van der Waals surface area contributed by atoms with E-state index in [1.54, 1.807) is 21.3 Å². The summed E-state index contributed by atoms with van der Waals surface area (Å²) >= 11 is 0. The third-order valence-corrected chi connectivity index (χ3v) is 5.78. The topological polar surface area (TPSA) is 85.9 Å². The van der Waals surface area contributed by atoms with Crippen LogP contribution in [-0.2, 0) is 4.74 Å². The third kappa shape index (κ3) is 4.26. The quantitative estimate of drug-likeness (QED) is 0.468. The Morgan fingerprint density at radius 2 is 1.82 bits per heavy atom. The molecular weight excluding hydrogens is 422 g/mol. The highest BCUT2D eigenvalue weighted by Crippen LogP contribution is 2.44. The van der Waals surface area contributed by atoms with Gasteiger partial charge in [-0.05, 0) is 55.3 Å². The van der Waals surface area contributed by atoms with Crippen LogP contribution in [0, 0.1) is 0 Å². The lowest BCUT2D eigenvalue weighted by atomic mass is 9.95. The summed E-state index contributed by atoms with van der Waals surface area (Å²) in [4.78, 5) is 15.2. The fourth-order valence-electron chi connectivity index (χ4n) is 4.25. The summed E-state index contributed by atoms with van der Waals surface area (Å²) in [6.45, 7) is 3.59. The highest BCUT2D eigenvalue weighted by atomic mass is 16.5. The number of amides is 1. The fourth-order valence-corrected chi connectivity index (χ4v) is 4.25. The Morgan fingerprint density at radius 1 is 1.03 bits per heavy atom. The molecule has 0 spiro atoms. The maximum atomic E-state index is 13.4. The lowest BCUT2D eigenvalue weighted by Gasteiger charge is -2.27. The van der Waals surface area contributed by atoms with Gasteiger partial charge in [-0.2, -0.15) is 5.10 Å². The van der Waals surface area contributed by atoms with Crippen molar-refractivity contribution < 1.29 is 23.7 Å². The van der Waals surface area contributed by atoms with Crippen LogP contribution in [0.3, 0.4) is 0 Å². The zero-order chi connectivity index (χ0) is 23.4. The van der Waals surface area contributed by atoms with Crippen molar-refractivity contribution in [2.24, 2.45) is 0 Å². The number of hydrogen-bond acceptors (Lipinski definition) is 6. The Kier molecular flexibility index (Phi) is 6.84. The van der Waals surface area contributed by atoms with E-state index in [-0.39, 0.29) is 11.9 Å². The van der Waals surface area contributed by atoms with Gasteiger partial charge in [0.15, 0.2) is 11.5 Å². The molecule has 1 N–H and O–H groups in total. The molecule has 1 atom stereocenters. The van der Waals surface area contributed by atoms with Crippen LogP contribution >= 0.6 is 0 Å². The average Bonchev–Trinajstić information content (AvgIpc) is 3.39. The molecule has 0 fully saturated rings. The first-order valence-electron chi connectivity index (χ1n) is 11.0. The van der Waals surface area contributed by atoms with E-state index in [0.717, 1.165) is 34.6 Å². The molecule has 1 aliphatic heterocycles. The summed E-state index contributed by atoms with van der Waals surface area (Å²) < 4.78 is 21.8. The molecule has 8 nitrogen and oxygen atoms in total. The smallest absolute Gasteiger partial charge is 0.273 e. The van der Waals surface area contributed by atoms with Gasteiger partial charge in [0.05, 0.1) is 32.6 Å². The van der Waals surface area contributed by atoms with Crippen molar-refractivity contribution in [3.8, 4) is 28.5 Å². The molecule has 0 saturated heterocycles. The summed E-state index contributed by atoms with van der Waals surface area (Å²) in [7, 11) is 4.91. The van der Waals surface area contributed by atoms with Gasteiger partial charge >= 0.3 is 0 Å². The SMILES string of the molecule is CCOc1ccc(C2c3c(-c4ccc(OC)cc4)n[nH]c3C(=O)N2CCCOC)cc1OC. The van der Waals surface area contributed by atoms with Crippen molar-refractivity contribution in [1.82, 2.24) is 15.1 Å². The average molecular weight is 452 g/mol. The van der Waals surface area contributed by atoms with Gasteiger partial charge in [-0.3, -0.25) is 9.89 Å². The number of hydrogen-bond donors (Lipinski definition) is 1. The molecule has 1 amide bonds. The second-order valence-corrected chi connectivity index (χ2v) is 7.68. The molecule has 0 bridgehead atoms. The van der Waals surface area contributed by atoms with E-state index in [0.29, 0.717) is 37.0 Å². The number of H-pyrrole nitrogens is 1. The first-order chi connectivity index (χ1) is 16.1. The molecule has 8 heteroatoms. The molecule has 0 aliphatic carbocycles. The number of fused-ring (bicyclic) bond motifs is 1.